The van der Waals surface area contributed by atoms with Crippen molar-refractivity contribution < 1.29 is 9.53 Å². The number of rotatable bonds is 4. The number of esters is 1. The Kier molecular flexibility index (Phi) is 4.02. The lowest BCUT2D eigenvalue weighted by molar-refractivity contribution is -0.143. The van der Waals surface area contributed by atoms with Crippen molar-refractivity contribution in [3.63, 3.8) is 0 Å². The number of benzene rings is 1. The van der Waals surface area contributed by atoms with Crippen LogP contribution < -0.4 is 4.90 Å². The van der Waals surface area contributed by atoms with E-state index >= 15 is 0 Å². The highest BCUT2D eigenvalue weighted by Gasteiger charge is 2.27. The third kappa shape index (κ3) is 2.99. The molecule has 92 valence electrons. The third-order valence-electron chi connectivity index (χ3n) is 3.17. The van der Waals surface area contributed by atoms with E-state index in [1.54, 1.807) is 0 Å². The number of carbonyl (C=O) groups excluding carboxylic acids is 1. The molecule has 2 rings (SSSR count). The fraction of sp³-hybridized carbons (Fsp3) is 0.500. The molecular weight excluding hydrogens is 214 g/mol. The van der Waals surface area contributed by atoms with Crippen molar-refractivity contribution in [3.8, 4) is 0 Å². The second kappa shape index (κ2) is 5.71. The van der Waals surface area contributed by atoms with Crippen LogP contribution in [0.1, 0.15) is 26.2 Å². The number of ether oxygens (including phenoxy) is 1. The van der Waals surface area contributed by atoms with Gasteiger partial charge in [0, 0.05) is 18.3 Å². The molecule has 1 fully saturated rings. The topological polar surface area (TPSA) is 29.5 Å². The Morgan fingerprint density at radius 2 is 2.18 bits per heavy atom. The minimum absolute atomic E-state index is 0.0830. The zero-order chi connectivity index (χ0) is 12.1. The smallest absolute Gasteiger partial charge is 0.307 e. The van der Waals surface area contributed by atoms with Gasteiger partial charge in [-0.05, 0) is 31.9 Å². The normalized spacial score (nSPS) is 19.4. The number of hydrogen-bond donors (Lipinski definition) is 0. The van der Waals surface area contributed by atoms with Gasteiger partial charge in [0.2, 0.25) is 0 Å². The Hall–Kier alpha value is -1.51. The molecule has 1 unspecified atom stereocenters. The highest BCUT2D eigenvalue weighted by Crippen LogP contribution is 2.27. The van der Waals surface area contributed by atoms with E-state index in [0.29, 0.717) is 19.1 Å². The quantitative estimate of drug-likeness (QED) is 0.749. The van der Waals surface area contributed by atoms with E-state index in [1.807, 2.05) is 25.1 Å². The van der Waals surface area contributed by atoms with Crippen molar-refractivity contribution in [2.24, 2.45) is 0 Å². The van der Waals surface area contributed by atoms with Crippen molar-refractivity contribution in [2.75, 3.05) is 18.1 Å². The van der Waals surface area contributed by atoms with Crippen LogP contribution in [0.15, 0.2) is 30.3 Å². The van der Waals surface area contributed by atoms with Gasteiger partial charge < -0.3 is 9.64 Å². The minimum Gasteiger partial charge on any atom is -0.466 e. The summed E-state index contributed by atoms with van der Waals surface area (Å²) in [5.41, 5.74) is 1.21. The molecule has 3 nitrogen and oxygen atoms in total. The molecule has 0 aromatic heterocycles. The third-order valence-corrected chi connectivity index (χ3v) is 3.17. The maximum Gasteiger partial charge on any atom is 0.307 e. The molecule has 0 saturated carbocycles. The SMILES string of the molecule is CCOC(=O)CC1CCCN1c1ccccc1. The van der Waals surface area contributed by atoms with Crippen molar-refractivity contribution in [1.82, 2.24) is 0 Å². The van der Waals surface area contributed by atoms with Gasteiger partial charge in [-0.25, -0.2) is 0 Å². The minimum atomic E-state index is -0.0830. The molecule has 1 aliphatic heterocycles. The van der Waals surface area contributed by atoms with Crippen LogP contribution in [0.25, 0.3) is 0 Å². The first-order valence-electron chi connectivity index (χ1n) is 6.28. The lowest BCUT2D eigenvalue weighted by Crippen LogP contribution is -2.31. The summed E-state index contributed by atoms with van der Waals surface area (Å²) in [5.74, 6) is -0.0830. The first kappa shape index (κ1) is 12.0. The summed E-state index contributed by atoms with van der Waals surface area (Å²) >= 11 is 0. The van der Waals surface area contributed by atoms with Crippen LogP contribution in [0.3, 0.4) is 0 Å². The number of carbonyl (C=O) groups is 1. The summed E-state index contributed by atoms with van der Waals surface area (Å²) in [7, 11) is 0. The van der Waals surface area contributed by atoms with E-state index in [4.69, 9.17) is 4.74 Å². The van der Waals surface area contributed by atoms with Gasteiger partial charge in [-0.1, -0.05) is 18.2 Å². The molecule has 1 heterocycles. The van der Waals surface area contributed by atoms with Gasteiger partial charge in [0.05, 0.1) is 13.0 Å². The van der Waals surface area contributed by atoms with Gasteiger partial charge in [-0.3, -0.25) is 4.79 Å². The monoisotopic (exact) mass is 233 g/mol. The van der Waals surface area contributed by atoms with Crippen LogP contribution in [0.5, 0.6) is 0 Å². The molecule has 0 N–H and O–H groups in total. The highest BCUT2D eigenvalue weighted by atomic mass is 16.5. The molecular formula is C14H19NO2. The predicted octanol–water partition coefficient (Wildman–Crippen LogP) is 2.61. The highest BCUT2D eigenvalue weighted by molar-refractivity contribution is 5.71. The maximum atomic E-state index is 11.5. The Bertz CT molecular complexity index is 364. The molecule has 0 amide bonds. The Balaban J connectivity index is 2.00. The van der Waals surface area contributed by atoms with E-state index in [9.17, 15) is 4.79 Å². The van der Waals surface area contributed by atoms with Crippen LogP contribution >= 0.6 is 0 Å². The number of hydrogen-bond acceptors (Lipinski definition) is 3. The zero-order valence-corrected chi connectivity index (χ0v) is 10.3. The maximum absolute atomic E-state index is 11.5. The Morgan fingerprint density at radius 1 is 1.41 bits per heavy atom. The molecule has 0 radical (unpaired) electrons. The molecule has 1 atom stereocenters. The van der Waals surface area contributed by atoms with Crippen molar-refractivity contribution >= 4 is 11.7 Å². The first-order valence-corrected chi connectivity index (χ1v) is 6.28. The van der Waals surface area contributed by atoms with Crippen molar-refractivity contribution in [2.45, 2.75) is 32.2 Å². The lowest BCUT2D eigenvalue weighted by Gasteiger charge is -2.26. The largest absolute Gasteiger partial charge is 0.466 e. The van der Waals surface area contributed by atoms with Crippen molar-refractivity contribution in [1.29, 1.82) is 0 Å². The molecule has 3 heteroatoms. The summed E-state index contributed by atoms with van der Waals surface area (Å²) in [6.45, 7) is 3.35. The average Bonchev–Trinajstić information content (AvgIpc) is 2.78. The van der Waals surface area contributed by atoms with Gasteiger partial charge in [0.15, 0.2) is 0 Å². The molecule has 0 aliphatic carbocycles. The number of nitrogens with zero attached hydrogens (tertiary/aromatic N) is 1. The van der Waals surface area contributed by atoms with Crippen LogP contribution in [-0.2, 0) is 9.53 Å². The van der Waals surface area contributed by atoms with Gasteiger partial charge in [0.1, 0.15) is 0 Å². The summed E-state index contributed by atoms with van der Waals surface area (Å²) in [6, 6.07) is 10.6. The molecule has 1 aliphatic rings. The van der Waals surface area contributed by atoms with Gasteiger partial charge in [0.25, 0.3) is 0 Å². The van der Waals surface area contributed by atoms with E-state index in [2.05, 4.69) is 17.0 Å². The van der Waals surface area contributed by atoms with Crippen LogP contribution in [-0.4, -0.2) is 25.2 Å². The summed E-state index contributed by atoms with van der Waals surface area (Å²) < 4.78 is 5.02. The second-order valence-electron chi connectivity index (χ2n) is 4.33. The van der Waals surface area contributed by atoms with Crippen LogP contribution in [0.4, 0.5) is 5.69 Å². The standard InChI is InChI=1S/C14H19NO2/c1-2-17-14(16)11-13-9-6-10-15(13)12-7-4-3-5-8-12/h3-5,7-8,13H,2,6,9-11H2,1H3. The molecule has 1 saturated heterocycles. The molecule has 1 aromatic carbocycles. The average molecular weight is 233 g/mol. The lowest BCUT2D eigenvalue weighted by atomic mass is 10.1. The predicted molar refractivity (Wildman–Crippen MR) is 68.1 cm³/mol. The molecule has 1 aromatic rings. The number of para-hydroxylation sites is 1. The van der Waals surface area contributed by atoms with Gasteiger partial charge >= 0.3 is 5.97 Å². The van der Waals surface area contributed by atoms with E-state index in [-0.39, 0.29) is 5.97 Å². The number of anilines is 1. The van der Waals surface area contributed by atoms with Crippen molar-refractivity contribution in [3.05, 3.63) is 30.3 Å². The fourth-order valence-electron chi connectivity index (χ4n) is 2.42. The van der Waals surface area contributed by atoms with E-state index in [0.717, 1.165) is 19.4 Å². The summed E-state index contributed by atoms with van der Waals surface area (Å²) in [4.78, 5) is 13.8. The fourth-order valence-corrected chi connectivity index (χ4v) is 2.42. The molecule has 0 bridgehead atoms. The Morgan fingerprint density at radius 3 is 2.88 bits per heavy atom. The van der Waals surface area contributed by atoms with Crippen LogP contribution in [0.2, 0.25) is 0 Å². The first-order chi connectivity index (χ1) is 8.31. The van der Waals surface area contributed by atoms with E-state index in [1.165, 1.54) is 5.69 Å². The molecule has 17 heavy (non-hydrogen) atoms. The summed E-state index contributed by atoms with van der Waals surface area (Å²) in [6.07, 6.45) is 2.73. The van der Waals surface area contributed by atoms with E-state index < -0.39 is 0 Å². The second-order valence-corrected chi connectivity index (χ2v) is 4.33. The molecule has 0 spiro atoms. The Labute approximate surface area is 102 Å². The zero-order valence-electron chi connectivity index (χ0n) is 10.3. The van der Waals surface area contributed by atoms with Crippen LogP contribution in [0, 0.1) is 0 Å². The van der Waals surface area contributed by atoms with Gasteiger partial charge in [-0.2, -0.15) is 0 Å². The summed E-state index contributed by atoms with van der Waals surface area (Å²) in [5, 5.41) is 0. The van der Waals surface area contributed by atoms with Gasteiger partial charge in [-0.15, -0.1) is 0 Å².